The number of nitriles is 1. The van der Waals surface area contributed by atoms with Crippen LogP contribution >= 0.6 is 0 Å². The van der Waals surface area contributed by atoms with Gasteiger partial charge >= 0.3 is 5.97 Å². The molecule has 0 radical (unpaired) electrons. The zero-order valence-corrected chi connectivity index (χ0v) is 6.70. The summed E-state index contributed by atoms with van der Waals surface area (Å²) in [5.41, 5.74) is 2.46. The number of nitrogens with one attached hydrogen (secondary N) is 1. The molecule has 1 aliphatic carbocycles. The molecule has 64 valence electrons. The molecular weight excluding hydrogens is 158 g/mol. The number of nitrogens with zero attached hydrogens (tertiary/aromatic N) is 2. The number of methoxy groups -OCH3 is 1. The second-order valence-corrected chi connectivity index (χ2v) is 2.47. The van der Waals surface area contributed by atoms with Crippen LogP contribution in [0.5, 0.6) is 0 Å². The SMILES string of the molecule is COC(=O)/C(C#N)=N\NC1CC1. The van der Waals surface area contributed by atoms with Crippen LogP contribution in [0.2, 0.25) is 0 Å². The first-order chi connectivity index (χ1) is 5.77. The Balaban J connectivity index is 2.47. The highest BCUT2D eigenvalue weighted by molar-refractivity contribution is 6.42. The molecular formula is C7H9N3O2. The normalized spacial score (nSPS) is 16.5. The Labute approximate surface area is 70.0 Å². The lowest BCUT2D eigenvalue weighted by Crippen LogP contribution is -2.19. The van der Waals surface area contributed by atoms with E-state index in [2.05, 4.69) is 15.3 Å². The molecule has 0 aromatic carbocycles. The Bertz CT molecular complexity index is 250. The maximum absolute atomic E-state index is 10.8. The molecule has 5 heteroatoms. The molecule has 1 aliphatic rings. The van der Waals surface area contributed by atoms with Crippen molar-refractivity contribution in [2.24, 2.45) is 5.10 Å². The number of hydrogen-bond donors (Lipinski definition) is 1. The quantitative estimate of drug-likeness (QED) is 0.358. The van der Waals surface area contributed by atoms with Crippen molar-refractivity contribution in [2.75, 3.05) is 7.11 Å². The van der Waals surface area contributed by atoms with Gasteiger partial charge in [0.05, 0.1) is 7.11 Å². The third-order valence-electron chi connectivity index (χ3n) is 1.42. The van der Waals surface area contributed by atoms with Crippen molar-refractivity contribution in [3.8, 4) is 6.07 Å². The number of carbonyl (C=O) groups excluding carboxylic acids is 1. The summed E-state index contributed by atoms with van der Waals surface area (Å²) >= 11 is 0. The summed E-state index contributed by atoms with van der Waals surface area (Å²) in [6.45, 7) is 0. The second-order valence-electron chi connectivity index (χ2n) is 2.47. The van der Waals surface area contributed by atoms with E-state index in [1.54, 1.807) is 6.07 Å². The minimum atomic E-state index is -0.703. The molecule has 0 heterocycles. The fourth-order valence-corrected chi connectivity index (χ4v) is 0.581. The van der Waals surface area contributed by atoms with Gasteiger partial charge in [0.2, 0.25) is 5.71 Å². The van der Waals surface area contributed by atoms with Gasteiger partial charge < -0.3 is 10.2 Å². The van der Waals surface area contributed by atoms with E-state index in [4.69, 9.17) is 5.26 Å². The average Bonchev–Trinajstić information content (AvgIpc) is 2.88. The van der Waals surface area contributed by atoms with E-state index in [9.17, 15) is 4.79 Å². The largest absolute Gasteiger partial charge is 0.464 e. The first-order valence-electron chi connectivity index (χ1n) is 3.59. The molecule has 0 aliphatic heterocycles. The smallest absolute Gasteiger partial charge is 0.369 e. The Morgan fingerprint density at radius 1 is 1.75 bits per heavy atom. The lowest BCUT2D eigenvalue weighted by molar-refractivity contribution is -0.132. The molecule has 0 amide bonds. The Hall–Kier alpha value is -1.57. The van der Waals surface area contributed by atoms with Gasteiger partial charge in [-0.3, -0.25) is 0 Å². The summed E-state index contributed by atoms with van der Waals surface area (Å²) in [6, 6.07) is 1.98. The average molecular weight is 167 g/mol. The van der Waals surface area contributed by atoms with Crippen molar-refractivity contribution in [1.82, 2.24) is 5.43 Å². The Morgan fingerprint density at radius 3 is 2.83 bits per heavy atom. The molecule has 1 saturated carbocycles. The molecule has 1 N–H and O–H groups in total. The lowest BCUT2D eigenvalue weighted by Gasteiger charge is -1.96. The first-order valence-corrected chi connectivity index (χ1v) is 3.59. The van der Waals surface area contributed by atoms with Crippen molar-refractivity contribution in [2.45, 2.75) is 18.9 Å². The van der Waals surface area contributed by atoms with Crippen LogP contribution < -0.4 is 5.43 Å². The number of rotatable bonds is 3. The molecule has 0 saturated heterocycles. The summed E-state index contributed by atoms with van der Waals surface area (Å²) in [5.74, 6) is -0.703. The zero-order valence-electron chi connectivity index (χ0n) is 6.70. The van der Waals surface area contributed by atoms with E-state index in [1.165, 1.54) is 7.11 Å². The third-order valence-corrected chi connectivity index (χ3v) is 1.42. The van der Waals surface area contributed by atoms with Crippen LogP contribution in [0.4, 0.5) is 0 Å². The number of hydrogen-bond acceptors (Lipinski definition) is 5. The van der Waals surface area contributed by atoms with E-state index >= 15 is 0 Å². The molecule has 0 bridgehead atoms. The summed E-state index contributed by atoms with van der Waals surface area (Å²) in [6.07, 6.45) is 2.09. The molecule has 0 unspecified atom stereocenters. The number of esters is 1. The minimum Gasteiger partial charge on any atom is -0.464 e. The molecule has 0 spiro atoms. The Kier molecular flexibility index (Phi) is 2.64. The van der Waals surface area contributed by atoms with Gasteiger partial charge in [-0.1, -0.05) is 0 Å². The second kappa shape index (κ2) is 3.72. The highest BCUT2D eigenvalue weighted by Crippen LogP contribution is 2.18. The fraction of sp³-hybridized carbons (Fsp3) is 0.571. The van der Waals surface area contributed by atoms with Gasteiger partial charge in [0.15, 0.2) is 0 Å². The van der Waals surface area contributed by atoms with Gasteiger partial charge in [0.1, 0.15) is 6.07 Å². The number of ether oxygens (including phenoxy) is 1. The number of hydrazone groups is 1. The molecule has 5 nitrogen and oxygen atoms in total. The molecule has 1 fully saturated rings. The van der Waals surface area contributed by atoms with Gasteiger partial charge in [0.25, 0.3) is 0 Å². The molecule has 1 rings (SSSR count). The van der Waals surface area contributed by atoms with E-state index < -0.39 is 5.97 Å². The van der Waals surface area contributed by atoms with Crippen LogP contribution in [0.25, 0.3) is 0 Å². The third kappa shape index (κ3) is 2.23. The van der Waals surface area contributed by atoms with E-state index in [-0.39, 0.29) is 5.71 Å². The van der Waals surface area contributed by atoms with Gasteiger partial charge in [-0.2, -0.15) is 10.4 Å². The van der Waals surface area contributed by atoms with Crippen molar-refractivity contribution in [3.63, 3.8) is 0 Å². The van der Waals surface area contributed by atoms with Crippen LogP contribution in [-0.4, -0.2) is 24.8 Å². The summed E-state index contributed by atoms with van der Waals surface area (Å²) < 4.78 is 4.32. The van der Waals surface area contributed by atoms with Gasteiger partial charge in [-0.05, 0) is 12.8 Å². The predicted octanol–water partition coefficient (Wildman–Crippen LogP) is -0.209. The lowest BCUT2D eigenvalue weighted by atomic mass is 10.4. The first kappa shape index (κ1) is 8.53. The van der Waals surface area contributed by atoms with E-state index in [0.717, 1.165) is 12.8 Å². The predicted molar refractivity (Wildman–Crippen MR) is 41.2 cm³/mol. The highest BCUT2D eigenvalue weighted by atomic mass is 16.5. The van der Waals surface area contributed by atoms with Crippen LogP contribution in [0.3, 0.4) is 0 Å². The van der Waals surface area contributed by atoms with Crippen LogP contribution in [0.1, 0.15) is 12.8 Å². The minimum absolute atomic E-state index is 0.232. The standard InChI is InChI=1S/C7H9N3O2/c1-12-7(11)6(4-8)10-9-5-2-3-5/h5,9H,2-3H2,1H3/b10-6-. The van der Waals surface area contributed by atoms with Crippen molar-refractivity contribution < 1.29 is 9.53 Å². The highest BCUT2D eigenvalue weighted by Gasteiger charge is 2.21. The zero-order chi connectivity index (χ0) is 8.97. The van der Waals surface area contributed by atoms with Crippen molar-refractivity contribution in [3.05, 3.63) is 0 Å². The molecule has 0 aromatic heterocycles. The maximum Gasteiger partial charge on any atom is 0.369 e. The molecule has 0 aromatic rings. The number of carbonyl (C=O) groups is 1. The topological polar surface area (TPSA) is 74.5 Å². The van der Waals surface area contributed by atoms with Crippen LogP contribution in [0, 0.1) is 11.3 Å². The molecule has 12 heavy (non-hydrogen) atoms. The maximum atomic E-state index is 10.8. The summed E-state index contributed by atoms with van der Waals surface area (Å²) in [4.78, 5) is 10.8. The van der Waals surface area contributed by atoms with Crippen LogP contribution in [-0.2, 0) is 9.53 Å². The van der Waals surface area contributed by atoms with Crippen molar-refractivity contribution in [1.29, 1.82) is 5.26 Å². The van der Waals surface area contributed by atoms with Gasteiger partial charge in [-0.25, -0.2) is 4.79 Å². The van der Waals surface area contributed by atoms with E-state index in [0.29, 0.717) is 6.04 Å². The van der Waals surface area contributed by atoms with Crippen LogP contribution in [0.15, 0.2) is 5.10 Å². The molecule has 0 atom stereocenters. The Morgan fingerprint density at radius 2 is 2.42 bits per heavy atom. The monoisotopic (exact) mass is 167 g/mol. The van der Waals surface area contributed by atoms with E-state index in [1.807, 2.05) is 0 Å². The van der Waals surface area contributed by atoms with Gasteiger partial charge in [0, 0.05) is 6.04 Å². The summed E-state index contributed by atoms with van der Waals surface area (Å²) in [5, 5.41) is 12.0. The van der Waals surface area contributed by atoms with Crippen molar-refractivity contribution >= 4 is 11.7 Å². The fourth-order valence-electron chi connectivity index (χ4n) is 0.581. The summed E-state index contributed by atoms with van der Waals surface area (Å²) in [7, 11) is 1.21. The van der Waals surface area contributed by atoms with Gasteiger partial charge in [-0.15, -0.1) is 0 Å².